The molecule has 0 saturated carbocycles. The molecule has 2 saturated heterocycles. The van der Waals surface area contributed by atoms with E-state index in [0.717, 1.165) is 53.4 Å². The normalized spacial score (nSPS) is 27.6. The van der Waals surface area contributed by atoms with Gasteiger partial charge in [0.15, 0.2) is 18.3 Å². The lowest BCUT2D eigenvalue weighted by atomic mass is 9.87. The fourth-order valence-electron chi connectivity index (χ4n) is 6.36. The first kappa shape index (κ1) is 47.0. The molecule has 2 amide bonds. The van der Waals surface area contributed by atoms with Crippen LogP contribution in [0.2, 0.25) is 0 Å². The van der Waals surface area contributed by atoms with E-state index in [1.54, 1.807) is 30.3 Å². The average molecular weight is 827 g/mol. The highest BCUT2D eigenvalue weighted by Gasteiger charge is 2.60. The second-order valence-corrected chi connectivity index (χ2v) is 13.6. The van der Waals surface area contributed by atoms with Crippen LogP contribution >= 0.6 is 0 Å². The third-order valence-electron chi connectivity index (χ3n) is 8.43. The van der Waals surface area contributed by atoms with Crippen LogP contribution in [0, 0.1) is 0 Å². The Morgan fingerprint density at radius 1 is 0.810 bits per heavy atom. The van der Waals surface area contributed by atoms with Crippen LogP contribution in [0.5, 0.6) is 5.75 Å². The van der Waals surface area contributed by atoms with Crippen molar-refractivity contribution in [3.05, 3.63) is 30.3 Å². The molecule has 2 heterocycles. The second kappa shape index (κ2) is 20.9. The van der Waals surface area contributed by atoms with Gasteiger partial charge in [0, 0.05) is 62.6 Å². The molecule has 2 fully saturated rings. The molecule has 322 valence electrons. The zero-order valence-corrected chi connectivity index (χ0v) is 33.5. The topological polar surface area (TPSA) is 264 Å². The van der Waals surface area contributed by atoms with Crippen LogP contribution in [-0.2, 0) is 81.0 Å². The van der Waals surface area contributed by atoms with E-state index < -0.39 is 134 Å². The number of nitrogens with zero attached hydrogens (tertiary/aromatic N) is 1. The summed E-state index contributed by atoms with van der Waals surface area (Å²) in [5, 5.41) is 14.2. The van der Waals surface area contributed by atoms with Crippen LogP contribution in [0.4, 0.5) is 0 Å². The van der Waals surface area contributed by atoms with Gasteiger partial charge in [0.1, 0.15) is 36.8 Å². The number of carbonyl (C=O) groups excluding carboxylic acids is 8. The van der Waals surface area contributed by atoms with Gasteiger partial charge < -0.3 is 62.7 Å². The number of nitrogens with one attached hydrogen (secondary N) is 1. The fourth-order valence-corrected chi connectivity index (χ4v) is 6.36. The van der Waals surface area contributed by atoms with Gasteiger partial charge in [-0.1, -0.05) is 18.2 Å². The number of carbonyl (C=O) groups is 8. The van der Waals surface area contributed by atoms with Crippen molar-refractivity contribution in [3.63, 3.8) is 0 Å². The number of ether oxygens (including phenoxy) is 10. The molecule has 1 aromatic carbocycles. The minimum absolute atomic E-state index is 0.223. The molecule has 0 radical (unpaired) electrons. The molecule has 1 unspecified atom stereocenters. The largest absolute Gasteiger partial charge is 0.462 e. The van der Waals surface area contributed by atoms with Crippen LogP contribution in [-0.4, -0.2) is 152 Å². The van der Waals surface area contributed by atoms with E-state index in [2.05, 4.69) is 5.32 Å². The van der Waals surface area contributed by atoms with Gasteiger partial charge in [0.2, 0.25) is 18.3 Å². The van der Waals surface area contributed by atoms with E-state index >= 15 is 0 Å². The Morgan fingerprint density at radius 2 is 1.40 bits per heavy atom. The molecule has 1 aromatic rings. The van der Waals surface area contributed by atoms with Crippen LogP contribution in [0.15, 0.2) is 30.3 Å². The molecule has 11 atom stereocenters. The summed E-state index contributed by atoms with van der Waals surface area (Å²) in [6.45, 7) is 5.87. The lowest BCUT2D eigenvalue weighted by Gasteiger charge is -2.50. The number of rotatable bonds is 16. The monoisotopic (exact) mass is 826 g/mol. The lowest BCUT2D eigenvalue weighted by molar-refractivity contribution is -0.331. The number of aliphatic hydroxyl groups is 1. The van der Waals surface area contributed by atoms with E-state index in [4.69, 9.17) is 47.4 Å². The smallest absolute Gasteiger partial charge is 0.303 e. The summed E-state index contributed by atoms with van der Waals surface area (Å²) in [7, 11) is 2.66. The van der Waals surface area contributed by atoms with Crippen molar-refractivity contribution in [2.24, 2.45) is 0 Å². The molecule has 0 aliphatic carbocycles. The minimum atomic E-state index is -2.56. The van der Waals surface area contributed by atoms with Crippen molar-refractivity contribution in [2.45, 2.75) is 122 Å². The quantitative estimate of drug-likeness (QED) is 0.157. The van der Waals surface area contributed by atoms with Crippen LogP contribution in [0.3, 0.4) is 0 Å². The minimum Gasteiger partial charge on any atom is -0.462 e. The van der Waals surface area contributed by atoms with E-state index in [1.165, 1.54) is 14.1 Å². The Bertz CT molecular complexity index is 1660. The number of para-hydroxylation sites is 1. The Labute approximate surface area is 333 Å². The predicted molar refractivity (Wildman–Crippen MR) is 191 cm³/mol. The number of benzene rings is 1. The SMILES string of the molecule is CC(=O)N[C@H]1[C@H]([C@H](OC(C)=O)[C@@H](COC(C)=O)OC(C)=O)OC(OC[C@H]2O[C@@H](Oc3ccccc3)[C@H](OC(C)=O)[C@@H](OC(C)=O)[C@H]2O)(C(=O)N(C)C)C[C@@H]1OC(C)=O. The predicted octanol–water partition coefficient (Wildman–Crippen LogP) is -0.532. The molecule has 21 heteroatoms. The summed E-state index contributed by atoms with van der Waals surface area (Å²) in [5.74, 6) is -9.29. The third kappa shape index (κ3) is 13.1. The molecular weight excluding hydrogens is 776 g/mol. The summed E-state index contributed by atoms with van der Waals surface area (Å²) in [5.41, 5.74) is 0. The third-order valence-corrected chi connectivity index (χ3v) is 8.43. The van der Waals surface area contributed by atoms with Crippen LogP contribution < -0.4 is 10.1 Å². The first-order valence-corrected chi connectivity index (χ1v) is 18.0. The first-order valence-electron chi connectivity index (χ1n) is 18.0. The van der Waals surface area contributed by atoms with Gasteiger partial charge in [-0.05, 0) is 12.1 Å². The van der Waals surface area contributed by atoms with Crippen molar-refractivity contribution in [3.8, 4) is 5.75 Å². The van der Waals surface area contributed by atoms with Gasteiger partial charge in [-0.3, -0.25) is 38.4 Å². The highest BCUT2D eigenvalue weighted by atomic mass is 16.8. The molecule has 21 nitrogen and oxygen atoms in total. The van der Waals surface area contributed by atoms with Gasteiger partial charge >= 0.3 is 35.8 Å². The van der Waals surface area contributed by atoms with Gasteiger partial charge in [-0.2, -0.15) is 0 Å². The van der Waals surface area contributed by atoms with Gasteiger partial charge in [0.25, 0.3) is 11.7 Å². The fraction of sp³-hybridized carbons (Fsp3) is 0.622. The molecular formula is C37H50N2O19. The van der Waals surface area contributed by atoms with Gasteiger partial charge in [-0.15, -0.1) is 0 Å². The van der Waals surface area contributed by atoms with Crippen molar-refractivity contribution in [2.75, 3.05) is 27.3 Å². The summed E-state index contributed by atoms with van der Waals surface area (Å²) in [6.07, 6.45) is -15.5. The molecule has 58 heavy (non-hydrogen) atoms. The Hall–Kier alpha value is -5.38. The highest BCUT2D eigenvalue weighted by molar-refractivity contribution is 5.84. The molecule has 0 aromatic heterocycles. The maximum absolute atomic E-state index is 14.3. The summed E-state index contributed by atoms with van der Waals surface area (Å²) >= 11 is 0. The number of likely N-dealkylation sites (N-methyl/N-ethyl adjacent to an activating group) is 1. The van der Waals surface area contributed by atoms with E-state index in [1.807, 2.05) is 0 Å². The molecule has 0 bridgehead atoms. The molecule has 2 aliphatic rings. The zero-order chi connectivity index (χ0) is 43.5. The molecule has 2 N–H and O–H groups in total. The summed E-state index contributed by atoms with van der Waals surface area (Å²) in [4.78, 5) is 102. The number of esters is 6. The number of amides is 2. The van der Waals surface area contributed by atoms with Crippen LogP contribution in [0.25, 0.3) is 0 Å². The van der Waals surface area contributed by atoms with E-state index in [-0.39, 0.29) is 5.75 Å². The van der Waals surface area contributed by atoms with Gasteiger partial charge in [0.05, 0.1) is 19.1 Å². The highest BCUT2D eigenvalue weighted by Crippen LogP contribution is 2.38. The standard InChI is InChI=1S/C37H50N2O19/c1-18(40)38-29-26(51-20(3)42)15-37(36(48)39(8)9,58-32(29)31(53-22(5)44)28(52-21(4)43)16-49-19(2)41)50-17-27-30(47)33(54-23(6)45)34(55-24(7)46)35(57-27)56-25-13-11-10-12-14-25/h10-14,26-35,47H,15-17H2,1-9H3,(H,38,40)/t26-,27+,28+,29+,30-,31+,32+,33-,34+,35+,37?/m0/s1. The summed E-state index contributed by atoms with van der Waals surface area (Å²) < 4.78 is 57.2. The van der Waals surface area contributed by atoms with Gasteiger partial charge in [-0.25, -0.2) is 0 Å². The lowest BCUT2D eigenvalue weighted by Crippen LogP contribution is -2.70. The van der Waals surface area contributed by atoms with Crippen molar-refractivity contribution >= 4 is 47.6 Å². The molecule has 2 aliphatic heterocycles. The second-order valence-electron chi connectivity index (χ2n) is 13.6. The molecule has 0 spiro atoms. The van der Waals surface area contributed by atoms with Crippen molar-refractivity contribution < 1.29 is 90.8 Å². The van der Waals surface area contributed by atoms with Crippen molar-refractivity contribution in [1.29, 1.82) is 0 Å². The summed E-state index contributed by atoms with van der Waals surface area (Å²) in [6, 6.07) is 6.63. The number of hydrogen-bond acceptors (Lipinski definition) is 19. The Morgan fingerprint density at radius 3 is 1.91 bits per heavy atom. The zero-order valence-electron chi connectivity index (χ0n) is 33.5. The Kier molecular flexibility index (Phi) is 16.9. The van der Waals surface area contributed by atoms with Crippen molar-refractivity contribution in [1.82, 2.24) is 10.2 Å². The van der Waals surface area contributed by atoms with Crippen LogP contribution in [0.1, 0.15) is 54.9 Å². The first-order chi connectivity index (χ1) is 27.1. The number of aliphatic hydroxyl groups excluding tert-OH is 1. The maximum Gasteiger partial charge on any atom is 0.303 e. The van der Waals surface area contributed by atoms with E-state index in [0.29, 0.717) is 0 Å². The van der Waals surface area contributed by atoms with E-state index in [9.17, 15) is 43.5 Å². The molecule has 3 rings (SSSR count). The average Bonchev–Trinajstić information content (AvgIpc) is 3.11. The Balaban J connectivity index is 2.21. The number of hydrogen-bond donors (Lipinski definition) is 2. The maximum atomic E-state index is 14.3.